The summed E-state index contributed by atoms with van der Waals surface area (Å²) >= 11 is 0. The first-order valence-electron chi connectivity index (χ1n) is 11.5. The summed E-state index contributed by atoms with van der Waals surface area (Å²) in [5.41, 5.74) is 9.44. The quantitative estimate of drug-likeness (QED) is 0.676. The summed E-state index contributed by atoms with van der Waals surface area (Å²) in [7, 11) is 1.86. The van der Waals surface area contributed by atoms with Crippen LogP contribution in [0.3, 0.4) is 0 Å². The Morgan fingerprint density at radius 3 is 2.79 bits per heavy atom. The summed E-state index contributed by atoms with van der Waals surface area (Å²) in [6.07, 6.45) is 5.40. The minimum Gasteiger partial charge on any atom is -0.471 e. The Labute approximate surface area is 194 Å². The highest BCUT2D eigenvalue weighted by molar-refractivity contribution is 5.82. The molecule has 2 N–H and O–H groups in total. The number of aromatic nitrogens is 4. The Morgan fingerprint density at radius 1 is 1.33 bits per heavy atom. The molecule has 2 fully saturated rings. The number of hydrogen-bond donors (Lipinski definition) is 1. The first-order valence-corrected chi connectivity index (χ1v) is 11.5. The Hall–Kier alpha value is -3.14. The van der Waals surface area contributed by atoms with Gasteiger partial charge in [-0.3, -0.25) is 9.48 Å². The molecule has 1 atom stereocenters. The number of anilines is 2. The van der Waals surface area contributed by atoms with E-state index in [1.807, 2.05) is 35.4 Å². The molecule has 2 aromatic rings. The van der Waals surface area contributed by atoms with Gasteiger partial charge in [-0.2, -0.15) is 10.1 Å². The van der Waals surface area contributed by atoms with Gasteiger partial charge in [-0.25, -0.2) is 4.98 Å². The highest BCUT2D eigenvalue weighted by atomic mass is 16.5. The van der Waals surface area contributed by atoms with Crippen molar-refractivity contribution in [1.29, 1.82) is 0 Å². The van der Waals surface area contributed by atoms with Gasteiger partial charge in [0.1, 0.15) is 18.1 Å². The van der Waals surface area contributed by atoms with Crippen LogP contribution in [-0.2, 0) is 16.1 Å². The van der Waals surface area contributed by atoms with Crippen molar-refractivity contribution >= 4 is 23.1 Å². The number of nitrogen functional groups attached to an aromatic ring is 1. The Kier molecular flexibility index (Phi) is 6.83. The van der Waals surface area contributed by atoms with Gasteiger partial charge < -0.3 is 25.0 Å². The molecule has 10 nitrogen and oxygen atoms in total. The fourth-order valence-electron chi connectivity index (χ4n) is 4.47. The minimum atomic E-state index is -0.155. The van der Waals surface area contributed by atoms with Gasteiger partial charge in [0, 0.05) is 62.6 Å². The number of aryl methyl sites for hydroxylation is 1. The molecular formula is C23H33N7O3. The highest BCUT2D eigenvalue weighted by Gasteiger charge is 2.33. The molecule has 2 aromatic heterocycles. The molecule has 0 spiro atoms. The van der Waals surface area contributed by atoms with Crippen LogP contribution in [0.4, 0.5) is 11.5 Å². The zero-order chi connectivity index (χ0) is 23.5. The molecule has 0 aliphatic carbocycles. The standard InChI is InChI=1S/C23H33N7O3/c1-5-30-16(3)19(12-27-30)15(2)28(4)21-20(24)22(26-14-25-21)33-18-6-9-29(13-18)23(31)17-7-10-32-11-8-17/h12,14,17-18H,2,5-11,13,24H2,1,3-4H3/t18-/m0/s1. The normalized spacial score (nSPS) is 19.0. The van der Waals surface area contributed by atoms with Crippen LogP contribution in [0, 0.1) is 12.8 Å². The number of hydrogen-bond acceptors (Lipinski definition) is 8. The van der Waals surface area contributed by atoms with Crippen LogP contribution in [0.15, 0.2) is 19.1 Å². The Morgan fingerprint density at radius 2 is 2.09 bits per heavy atom. The van der Waals surface area contributed by atoms with Gasteiger partial charge in [0.2, 0.25) is 11.8 Å². The second kappa shape index (κ2) is 9.78. The summed E-state index contributed by atoms with van der Waals surface area (Å²) < 4.78 is 13.4. The zero-order valence-electron chi connectivity index (χ0n) is 19.7. The molecule has 2 saturated heterocycles. The first kappa shape index (κ1) is 23.0. The van der Waals surface area contributed by atoms with Crippen molar-refractivity contribution in [2.45, 2.75) is 45.8 Å². The lowest BCUT2D eigenvalue weighted by Crippen LogP contribution is -2.38. The number of rotatable bonds is 7. The molecule has 0 radical (unpaired) electrons. The fourth-order valence-corrected chi connectivity index (χ4v) is 4.47. The number of carbonyl (C=O) groups is 1. The van der Waals surface area contributed by atoms with Crippen molar-refractivity contribution in [3.63, 3.8) is 0 Å². The number of carbonyl (C=O) groups excluding carboxylic acids is 1. The van der Waals surface area contributed by atoms with Crippen LogP contribution in [0.2, 0.25) is 0 Å². The lowest BCUT2D eigenvalue weighted by Gasteiger charge is -2.26. The number of ether oxygens (including phenoxy) is 2. The van der Waals surface area contributed by atoms with Crippen LogP contribution < -0.4 is 15.4 Å². The van der Waals surface area contributed by atoms with E-state index in [1.165, 1.54) is 6.33 Å². The summed E-state index contributed by atoms with van der Waals surface area (Å²) in [6.45, 7) is 11.6. The van der Waals surface area contributed by atoms with E-state index in [4.69, 9.17) is 15.2 Å². The van der Waals surface area contributed by atoms with Crippen molar-refractivity contribution in [2.75, 3.05) is 44.0 Å². The summed E-state index contributed by atoms with van der Waals surface area (Å²) in [4.78, 5) is 25.2. The first-order chi connectivity index (χ1) is 15.9. The molecule has 4 rings (SSSR count). The fraction of sp³-hybridized carbons (Fsp3) is 0.565. The molecule has 33 heavy (non-hydrogen) atoms. The van der Waals surface area contributed by atoms with Crippen LogP contribution in [0.1, 0.15) is 37.4 Å². The van der Waals surface area contributed by atoms with Crippen LogP contribution in [-0.4, -0.2) is 70.0 Å². The molecule has 0 aromatic carbocycles. The number of nitrogens with two attached hydrogens (primary N) is 1. The van der Waals surface area contributed by atoms with Crippen LogP contribution in [0.5, 0.6) is 5.88 Å². The highest BCUT2D eigenvalue weighted by Crippen LogP contribution is 2.33. The van der Waals surface area contributed by atoms with E-state index < -0.39 is 0 Å². The molecule has 2 aliphatic rings. The number of likely N-dealkylation sites (tertiary alicyclic amines) is 1. The molecule has 1 amide bonds. The second-order valence-electron chi connectivity index (χ2n) is 8.58. The van der Waals surface area contributed by atoms with Crippen LogP contribution >= 0.6 is 0 Å². The SMILES string of the molecule is C=C(c1cnn(CC)c1C)N(C)c1ncnc(O[C@H]2CCN(C(=O)C3CCOCC3)C2)c1N. The van der Waals surface area contributed by atoms with Crippen molar-refractivity contribution in [2.24, 2.45) is 5.92 Å². The monoisotopic (exact) mass is 455 g/mol. The zero-order valence-corrected chi connectivity index (χ0v) is 19.7. The van der Waals surface area contributed by atoms with E-state index in [2.05, 4.69) is 21.6 Å². The predicted molar refractivity (Wildman–Crippen MR) is 126 cm³/mol. The predicted octanol–water partition coefficient (Wildman–Crippen LogP) is 2.10. The van der Waals surface area contributed by atoms with Gasteiger partial charge in [-0.05, 0) is 26.7 Å². The minimum absolute atomic E-state index is 0.0494. The van der Waals surface area contributed by atoms with E-state index in [-0.39, 0.29) is 17.9 Å². The average Bonchev–Trinajstić information content (AvgIpc) is 3.46. The molecule has 2 aliphatic heterocycles. The maximum atomic E-state index is 12.8. The van der Waals surface area contributed by atoms with Crippen molar-refractivity contribution in [3.8, 4) is 5.88 Å². The van der Waals surface area contributed by atoms with E-state index >= 15 is 0 Å². The van der Waals surface area contributed by atoms with Gasteiger partial charge in [-0.15, -0.1) is 0 Å². The van der Waals surface area contributed by atoms with Crippen molar-refractivity contribution < 1.29 is 14.3 Å². The largest absolute Gasteiger partial charge is 0.471 e. The van der Waals surface area contributed by atoms with Gasteiger partial charge in [0.05, 0.1) is 12.7 Å². The van der Waals surface area contributed by atoms with E-state index in [0.717, 1.165) is 42.8 Å². The maximum Gasteiger partial charge on any atom is 0.242 e. The summed E-state index contributed by atoms with van der Waals surface area (Å²) in [5.74, 6) is 1.08. The lowest BCUT2D eigenvalue weighted by molar-refractivity contribution is -0.137. The number of amides is 1. The van der Waals surface area contributed by atoms with Crippen molar-refractivity contribution in [3.05, 3.63) is 30.4 Å². The molecular weight excluding hydrogens is 422 g/mol. The van der Waals surface area contributed by atoms with Gasteiger partial charge in [-0.1, -0.05) is 6.58 Å². The van der Waals surface area contributed by atoms with Gasteiger partial charge >= 0.3 is 0 Å². The lowest BCUT2D eigenvalue weighted by atomic mass is 9.99. The summed E-state index contributed by atoms with van der Waals surface area (Å²) in [6, 6.07) is 0. The Bertz CT molecular complexity index is 1020. The molecule has 178 valence electrons. The molecule has 0 saturated carbocycles. The van der Waals surface area contributed by atoms with Gasteiger partial charge in [0.25, 0.3) is 0 Å². The third-order valence-electron chi connectivity index (χ3n) is 6.57. The van der Waals surface area contributed by atoms with E-state index in [9.17, 15) is 4.79 Å². The van der Waals surface area contributed by atoms with E-state index in [1.54, 1.807) is 6.20 Å². The molecule has 0 unspecified atom stereocenters. The van der Waals surface area contributed by atoms with Crippen LogP contribution in [0.25, 0.3) is 5.70 Å². The topological polar surface area (TPSA) is 112 Å². The van der Waals surface area contributed by atoms with Gasteiger partial charge in [0.15, 0.2) is 5.82 Å². The third kappa shape index (κ3) is 4.66. The second-order valence-corrected chi connectivity index (χ2v) is 8.58. The number of nitrogens with zero attached hydrogens (tertiary/aromatic N) is 6. The molecule has 0 bridgehead atoms. The third-order valence-corrected chi connectivity index (χ3v) is 6.57. The average molecular weight is 456 g/mol. The molecule has 10 heteroatoms. The molecule has 4 heterocycles. The summed E-state index contributed by atoms with van der Waals surface area (Å²) in [5, 5.41) is 4.40. The smallest absolute Gasteiger partial charge is 0.242 e. The Balaban J connectivity index is 1.43. The van der Waals surface area contributed by atoms with E-state index in [0.29, 0.717) is 43.7 Å². The van der Waals surface area contributed by atoms with Crippen molar-refractivity contribution in [1.82, 2.24) is 24.6 Å². The maximum absolute atomic E-state index is 12.8.